The molecule has 2 heterocycles. The van der Waals surface area contributed by atoms with Crippen LogP contribution < -0.4 is 14.8 Å². The Balaban J connectivity index is 1.96. The highest BCUT2D eigenvalue weighted by atomic mass is 32.1. The summed E-state index contributed by atoms with van der Waals surface area (Å²) in [6, 6.07) is 5.80. The number of ether oxygens (including phenoxy) is 2. The number of hydrogen-bond donors (Lipinski definition) is 1. The Morgan fingerprint density at radius 3 is 2.70 bits per heavy atom. The number of fused-ring (bicyclic) bond motifs is 1. The van der Waals surface area contributed by atoms with Gasteiger partial charge in [-0.15, -0.1) is 5.10 Å². The minimum Gasteiger partial charge on any atom is -0.493 e. The van der Waals surface area contributed by atoms with Crippen molar-refractivity contribution in [2.75, 3.05) is 26.1 Å². The highest BCUT2D eigenvalue weighted by molar-refractivity contribution is 7.20. The maximum atomic E-state index is 5.37. The lowest BCUT2D eigenvalue weighted by molar-refractivity contribution is 0.355. The van der Waals surface area contributed by atoms with E-state index in [1.807, 2.05) is 28.9 Å². The van der Waals surface area contributed by atoms with Gasteiger partial charge in [-0.25, -0.2) is 9.50 Å². The maximum absolute atomic E-state index is 5.37. The fraction of sp³-hybridized carbons (Fsp3) is 0.375. The predicted molar refractivity (Wildman–Crippen MR) is 92.7 cm³/mol. The molecular formula is C16H20N4O2S. The summed E-state index contributed by atoms with van der Waals surface area (Å²) < 4.78 is 12.5. The summed E-state index contributed by atoms with van der Waals surface area (Å²) in [7, 11) is 3.26. The number of aromatic nitrogens is 3. The number of methoxy groups -OCH3 is 2. The van der Waals surface area contributed by atoms with Crippen LogP contribution in [0.3, 0.4) is 0 Å². The number of hydrogen-bond acceptors (Lipinski definition) is 6. The maximum Gasteiger partial charge on any atom is 0.214 e. The van der Waals surface area contributed by atoms with E-state index in [0.717, 1.165) is 27.9 Å². The van der Waals surface area contributed by atoms with E-state index in [9.17, 15) is 0 Å². The largest absolute Gasteiger partial charge is 0.493 e. The van der Waals surface area contributed by atoms with E-state index in [1.165, 1.54) is 0 Å². The van der Waals surface area contributed by atoms with Crippen LogP contribution in [0.15, 0.2) is 24.4 Å². The van der Waals surface area contributed by atoms with Crippen molar-refractivity contribution in [2.24, 2.45) is 5.92 Å². The summed E-state index contributed by atoms with van der Waals surface area (Å²) in [5.41, 5.74) is 1.91. The van der Waals surface area contributed by atoms with Crippen LogP contribution in [0.4, 0.5) is 5.13 Å². The average Bonchev–Trinajstić information content (AvgIpc) is 3.12. The molecule has 0 atom stereocenters. The third-order valence-electron chi connectivity index (χ3n) is 3.43. The first kappa shape index (κ1) is 15.6. The topological polar surface area (TPSA) is 60.7 Å². The normalized spacial score (nSPS) is 11.2. The molecule has 7 heteroatoms. The molecule has 0 spiro atoms. The van der Waals surface area contributed by atoms with Gasteiger partial charge in [-0.2, -0.15) is 0 Å². The summed E-state index contributed by atoms with van der Waals surface area (Å²) in [5.74, 6) is 1.96. The molecule has 0 radical (unpaired) electrons. The lowest BCUT2D eigenvalue weighted by Crippen LogP contribution is -2.07. The molecule has 1 aromatic carbocycles. The van der Waals surface area contributed by atoms with E-state index in [0.29, 0.717) is 17.4 Å². The van der Waals surface area contributed by atoms with Gasteiger partial charge in [-0.3, -0.25) is 0 Å². The Kier molecular flexibility index (Phi) is 4.38. The van der Waals surface area contributed by atoms with Crippen LogP contribution >= 0.6 is 11.3 Å². The van der Waals surface area contributed by atoms with Crippen LogP contribution in [-0.2, 0) is 0 Å². The Labute approximate surface area is 139 Å². The van der Waals surface area contributed by atoms with E-state index in [2.05, 4.69) is 29.2 Å². The number of benzene rings is 1. The molecule has 1 N–H and O–H groups in total. The summed E-state index contributed by atoms with van der Waals surface area (Å²) in [6.07, 6.45) is 1.83. The zero-order valence-electron chi connectivity index (χ0n) is 13.7. The van der Waals surface area contributed by atoms with Crippen molar-refractivity contribution >= 4 is 21.4 Å². The van der Waals surface area contributed by atoms with Crippen LogP contribution in [0.2, 0.25) is 0 Å². The van der Waals surface area contributed by atoms with Gasteiger partial charge in [0.15, 0.2) is 11.5 Å². The van der Waals surface area contributed by atoms with Crippen molar-refractivity contribution in [1.82, 2.24) is 14.6 Å². The summed E-state index contributed by atoms with van der Waals surface area (Å²) >= 11 is 1.55. The molecular weight excluding hydrogens is 312 g/mol. The standard InChI is InChI=1S/C16H20N4O2S/c1-10(2)8-17-15-19-20-12(9-18-16(20)23-15)11-5-6-13(21-3)14(7-11)22-4/h5-7,9-10H,8H2,1-4H3,(H,17,19). The van der Waals surface area contributed by atoms with E-state index < -0.39 is 0 Å². The number of anilines is 1. The van der Waals surface area contributed by atoms with Crippen molar-refractivity contribution < 1.29 is 9.47 Å². The highest BCUT2D eigenvalue weighted by Gasteiger charge is 2.14. The third kappa shape index (κ3) is 3.10. The van der Waals surface area contributed by atoms with Gasteiger partial charge < -0.3 is 14.8 Å². The minimum absolute atomic E-state index is 0.566. The van der Waals surface area contributed by atoms with Crippen molar-refractivity contribution in [3.05, 3.63) is 24.4 Å². The number of rotatable bonds is 6. The SMILES string of the molecule is COc1ccc(-c2cnc3sc(NCC(C)C)nn23)cc1OC. The molecule has 0 aliphatic rings. The monoisotopic (exact) mass is 332 g/mol. The molecule has 122 valence electrons. The molecule has 0 aliphatic heterocycles. The van der Waals surface area contributed by atoms with Crippen molar-refractivity contribution in [3.63, 3.8) is 0 Å². The molecule has 0 fully saturated rings. The fourth-order valence-electron chi connectivity index (χ4n) is 2.25. The zero-order chi connectivity index (χ0) is 16.4. The number of imidazole rings is 1. The van der Waals surface area contributed by atoms with Crippen molar-refractivity contribution in [1.29, 1.82) is 0 Å². The van der Waals surface area contributed by atoms with E-state index in [1.54, 1.807) is 25.6 Å². The van der Waals surface area contributed by atoms with E-state index >= 15 is 0 Å². The first-order valence-corrected chi connectivity index (χ1v) is 8.25. The van der Waals surface area contributed by atoms with Crippen LogP contribution in [0.1, 0.15) is 13.8 Å². The molecule has 6 nitrogen and oxygen atoms in total. The van der Waals surface area contributed by atoms with Crippen LogP contribution in [0.5, 0.6) is 11.5 Å². The highest BCUT2D eigenvalue weighted by Crippen LogP contribution is 2.33. The predicted octanol–water partition coefficient (Wildman–Crippen LogP) is 3.54. The lowest BCUT2D eigenvalue weighted by Gasteiger charge is -2.08. The average molecular weight is 332 g/mol. The smallest absolute Gasteiger partial charge is 0.214 e. The second-order valence-electron chi connectivity index (χ2n) is 5.59. The van der Waals surface area contributed by atoms with Gasteiger partial charge in [0.2, 0.25) is 10.1 Å². The first-order valence-electron chi connectivity index (χ1n) is 7.43. The van der Waals surface area contributed by atoms with Gasteiger partial charge in [-0.05, 0) is 24.1 Å². The zero-order valence-corrected chi connectivity index (χ0v) is 14.5. The van der Waals surface area contributed by atoms with Crippen LogP contribution in [0.25, 0.3) is 16.2 Å². The molecule has 0 saturated heterocycles. The van der Waals surface area contributed by atoms with Crippen molar-refractivity contribution in [2.45, 2.75) is 13.8 Å². The molecule has 0 bridgehead atoms. The van der Waals surface area contributed by atoms with Gasteiger partial charge in [0.1, 0.15) is 0 Å². The van der Waals surface area contributed by atoms with Gasteiger partial charge in [0.25, 0.3) is 0 Å². The second kappa shape index (κ2) is 6.45. The summed E-state index contributed by atoms with van der Waals surface area (Å²) in [4.78, 5) is 5.31. The molecule has 0 amide bonds. The van der Waals surface area contributed by atoms with E-state index in [4.69, 9.17) is 9.47 Å². The quantitative estimate of drug-likeness (QED) is 0.748. The first-order chi connectivity index (χ1) is 11.1. The van der Waals surface area contributed by atoms with Crippen molar-refractivity contribution in [3.8, 4) is 22.8 Å². The lowest BCUT2D eigenvalue weighted by atomic mass is 10.1. The van der Waals surface area contributed by atoms with Crippen LogP contribution in [-0.4, -0.2) is 35.4 Å². The Hall–Kier alpha value is -2.28. The molecule has 3 aromatic rings. The Bertz CT molecular complexity index is 810. The van der Waals surface area contributed by atoms with Gasteiger partial charge in [0.05, 0.1) is 26.1 Å². The molecule has 0 unspecified atom stereocenters. The van der Waals surface area contributed by atoms with Gasteiger partial charge in [-0.1, -0.05) is 25.2 Å². The van der Waals surface area contributed by atoms with Crippen LogP contribution in [0, 0.1) is 5.92 Å². The van der Waals surface area contributed by atoms with E-state index in [-0.39, 0.29) is 0 Å². The molecule has 0 saturated carbocycles. The second-order valence-corrected chi connectivity index (χ2v) is 6.55. The Morgan fingerprint density at radius 2 is 2.00 bits per heavy atom. The molecule has 23 heavy (non-hydrogen) atoms. The summed E-state index contributed by atoms with van der Waals surface area (Å²) in [6.45, 7) is 5.23. The number of nitrogens with zero attached hydrogens (tertiary/aromatic N) is 3. The molecule has 0 aliphatic carbocycles. The fourth-order valence-corrected chi connectivity index (χ4v) is 3.03. The summed E-state index contributed by atoms with van der Waals surface area (Å²) in [5, 5.41) is 8.83. The molecule has 3 rings (SSSR count). The number of nitrogens with one attached hydrogen (secondary N) is 1. The third-order valence-corrected chi connectivity index (χ3v) is 4.31. The van der Waals surface area contributed by atoms with Gasteiger partial charge in [0, 0.05) is 12.1 Å². The van der Waals surface area contributed by atoms with Gasteiger partial charge >= 0.3 is 0 Å². The minimum atomic E-state index is 0.566. The Morgan fingerprint density at radius 1 is 1.22 bits per heavy atom. The molecule has 2 aromatic heterocycles.